The maximum Gasteiger partial charge on any atom is 0.228 e. The highest BCUT2D eigenvalue weighted by molar-refractivity contribution is 9.10. The van der Waals surface area contributed by atoms with E-state index >= 15 is 0 Å². The number of carbonyl (C=O) groups excluding carboxylic acids is 1. The molecule has 3 nitrogen and oxygen atoms in total. The molecule has 1 atom stereocenters. The van der Waals surface area contributed by atoms with Crippen LogP contribution in [0.5, 0.6) is 0 Å². The molecule has 1 rings (SSSR count). The van der Waals surface area contributed by atoms with E-state index in [9.17, 15) is 4.79 Å². The van der Waals surface area contributed by atoms with Crippen LogP contribution in [0, 0.1) is 0 Å². The largest absolute Gasteiger partial charge is 0.362 e. The molecule has 0 radical (unpaired) electrons. The summed E-state index contributed by atoms with van der Waals surface area (Å²) in [6.07, 6.45) is 13.4. The predicted octanol–water partition coefficient (Wildman–Crippen LogP) is 8.37. The normalized spacial score (nSPS) is 12.6. The van der Waals surface area contributed by atoms with Crippen LogP contribution in [0.15, 0.2) is 28.7 Å². The Kier molecular flexibility index (Phi) is 14.5. The zero-order valence-electron chi connectivity index (χ0n) is 17.3. The third kappa shape index (κ3) is 13.7. The molecule has 7 heteroatoms. The first-order valence-electron chi connectivity index (χ1n) is 10.7. The molecular weight excluding hydrogens is 495 g/mol. The van der Waals surface area contributed by atoms with Gasteiger partial charge in [-0.3, -0.25) is 4.79 Å². The molecule has 0 bridgehead atoms. The molecule has 0 saturated heterocycles. The van der Waals surface area contributed by atoms with Gasteiger partial charge in [-0.1, -0.05) is 122 Å². The summed E-state index contributed by atoms with van der Waals surface area (Å²) >= 11 is 21.5. The van der Waals surface area contributed by atoms with Crippen molar-refractivity contribution >= 4 is 62.3 Å². The fourth-order valence-electron chi connectivity index (χ4n) is 3.10. The van der Waals surface area contributed by atoms with Crippen molar-refractivity contribution in [3.05, 3.63) is 28.7 Å². The molecule has 0 heterocycles. The molecule has 166 valence electrons. The Bertz CT molecular complexity index is 564. The Hall–Kier alpha value is -0.160. The van der Waals surface area contributed by atoms with Gasteiger partial charge in [0.25, 0.3) is 0 Å². The number of rotatable bonds is 15. The van der Waals surface area contributed by atoms with E-state index in [1.165, 1.54) is 57.8 Å². The first-order chi connectivity index (χ1) is 13.8. The fourth-order valence-corrected chi connectivity index (χ4v) is 3.69. The summed E-state index contributed by atoms with van der Waals surface area (Å²) in [5.41, 5.74) is 0.763. The monoisotopic (exact) mass is 526 g/mol. The number of carbonyl (C=O) groups is 1. The van der Waals surface area contributed by atoms with E-state index in [4.69, 9.17) is 34.8 Å². The first kappa shape index (κ1) is 26.9. The van der Waals surface area contributed by atoms with Crippen LogP contribution in [0.3, 0.4) is 0 Å². The second kappa shape index (κ2) is 15.6. The summed E-state index contributed by atoms with van der Waals surface area (Å²) in [7, 11) is 0. The van der Waals surface area contributed by atoms with Gasteiger partial charge in [0.1, 0.15) is 6.17 Å². The number of amides is 1. The SMILES string of the molecule is CCCCCCCCCCCCCC(=O)N[C@@H](Nc1ccc(Br)cc1)C(Cl)(Cl)Cl. The Balaban J connectivity index is 2.19. The smallest absolute Gasteiger partial charge is 0.228 e. The second-order valence-corrected chi connectivity index (χ2v) is 10.8. The molecule has 0 saturated carbocycles. The topological polar surface area (TPSA) is 41.1 Å². The van der Waals surface area contributed by atoms with Crippen LogP contribution in [-0.4, -0.2) is 15.9 Å². The lowest BCUT2D eigenvalue weighted by molar-refractivity contribution is -0.121. The zero-order chi connectivity index (χ0) is 21.5. The number of benzene rings is 1. The molecule has 0 aliphatic rings. The molecule has 0 aliphatic heterocycles. The number of unbranched alkanes of at least 4 members (excludes halogenated alkanes) is 10. The van der Waals surface area contributed by atoms with E-state index in [0.29, 0.717) is 6.42 Å². The van der Waals surface area contributed by atoms with Gasteiger partial charge in [0, 0.05) is 16.6 Å². The minimum absolute atomic E-state index is 0.109. The van der Waals surface area contributed by atoms with E-state index in [-0.39, 0.29) is 5.91 Å². The summed E-state index contributed by atoms with van der Waals surface area (Å²) in [5.74, 6) is -0.109. The average Bonchev–Trinajstić information content (AvgIpc) is 2.66. The molecule has 0 unspecified atom stereocenters. The average molecular weight is 529 g/mol. The molecule has 1 aromatic rings. The highest BCUT2D eigenvalue weighted by Crippen LogP contribution is 2.31. The first-order valence-corrected chi connectivity index (χ1v) is 12.6. The van der Waals surface area contributed by atoms with Crippen molar-refractivity contribution < 1.29 is 4.79 Å². The number of hydrogen-bond donors (Lipinski definition) is 2. The predicted molar refractivity (Wildman–Crippen MR) is 131 cm³/mol. The highest BCUT2D eigenvalue weighted by atomic mass is 79.9. The Morgan fingerprint density at radius 3 is 1.86 bits per heavy atom. The van der Waals surface area contributed by atoms with E-state index in [1.807, 2.05) is 24.3 Å². The fraction of sp³-hybridized carbons (Fsp3) is 0.682. The third-order valence-electron chi connectivity index (χ3n) is 4.80. The van der Waals surface area contributed by atoms with Gasteiger partial charge >= 0.3 is 0 Å². The number of halogens is 4. The van der Waals surface area contributed by atoms with Crippen LogP contribution in [0.4, 0.5) is 5.69 Å². The van der Waals surface area contributed by atoms with Gasteiger partial charge in [-0.05, 0) is 30.7 Å². The van der Waals surface area contributed by atoms with Crippen molar-refractivity contribution in [2.45, 2.75) is 93.9 Å². The van der Waals surface area contributed by atoms with Crippen LogP contribution in [0.2, 0.25) is 0 Å². The van der Waals surface area contributed by atoms with Crippen molar-refractivity contribution in [2.75, 3.05) is 5.32 Å². The van der Waals surface area contributed by atoms with Crippen molar-refractivity contribution in [2.24, 2.45) is 0 Å². The molecular formula is C22H34BrCl3N2O. The van der Waals surface area contributed by atoms with E-state index in [0.717, 1.165) is 23.0 Å². The Labute approximate surface area is 199 Å². The standard InChI is InChI=1S/C22H34BrCl3N2O/c1-2-3-4-5-6-7-8-9-10-11-12-13-20(29)28-21(22(24,25)26)27-19-16-14-18(23)15-17-19/h14-17,21,27H,2-13H2,1H3,(H,28,29)/t21-/m1/s1. The van der Waals surface area contributed by atoms with Gasteiger partial charge in [-0.2, -0.15) is 0 Å². The minimum Gasteiger partial charge on any atom is -0.362 e. The molecule has 2 N–H and O–H groups in total. The molecule has 1 amide bonds. The van der Waals surface area contributed by atoms with Crippen LogP contribution in [0.25, 0.3) is 0 Å². The molecule has 1 aromatic carbocycles. The van der Waals surface area contributed by atoms with Crippen molar-refractivity contribution in [3.63, 3.8) is 0 Å². The summed E-state index contributed by atoms with van der Waals surface area (Å²) < 4.78 is -0.700. The van der Waals surface area contributed by atoms with Crippen LogP contribution in [0.1, 0.15) is 84.0 Å². The van der Waals surface area contributed by atoms with Crippen molar-refractivity contribution in [3.8, 4) is 0 Å². The lowest BCUT2D eigenvalue weighted by Gasteiger charge is -2.27. The van der Waals surface area contributed by atoms with Gasteiger partial charge < -0.3 is 10.6 Å². The maximum absolute atomic E-state index is 12.3. The minimum atomic E-state index is -1.65. The van der Waals surface area contributed by atoms with Gasteiger partial charge in [-0.15, -0.1) is 0 Å². The molecule has 0 spiro atoms. The summed E-state index contributed by atoms with van der Waals surface area (Å²) in [6, 6.07) is 7.46. The summed E-state index contributed by atoms with van der Waals surface area (Å²) in [6.45, 7) is 2.25. The van der Waals surface area contributed by atoms with Crippen molar-refractivity contribution in [1.82, 2.24) is 5.32 Å². The highest BCUT2D eigenvalue weighted by Gasteiger charge is 2.33. The molecule has 0 aliphatic carbocycles. The maximum atomic E-state index is 12.3. The van der Waals surface area contributed by atoms with Gasteiger partial charge in [0.15, 0.2) is 0 Å². The third-order valence-corrected chi connectivity index (χ3v) is 5.98. The lowest BCUT2D eigenvalue weighted by Crippen LogP contribution is -2.49. The summed E-state index contributed by atoms with van der Waals surface area (Å²) in [4.78, 5) is 12.3. The Morgan fingerprint density at radius 1 is 0.897 bits per heavy atom. The van der Waals surface area contributed by atoms with Gasteiger partial charge in [-0.25, -0.2) is 0 Å². The van der Waals surface area contributed by atoms with Gasteiger partial charge in [0.05, 0.1) is 0 Å². The molecule has 0 fully saturated rings. The lowest BCUT2D eigenvalue weighted by atomic mass is 10.1. The van der Waals surface area contributed by atoms with Crippen LogP contribution < -0.4 is 10.6 Å². The number of nitrogens with one attached hydrogen (secondary N) is 2. The number of hydrogen-bond acceptors (Lipinski definition) is 2. The van der Waals surface area contributed by atoms with Crippen molar-refractivity contribution in [1.29, 1.82) is 0 Å². The molecule has 29 heavy (non-hydrogen) atoms. The van der Waals surface area contributed by atoms with Crippen LogP contribution >= 0.6 is 50.7 Å². The number of alkyl halides is 3. The zero-order valence-corrected chi connectivity index (χ0v) is 21.1. The van der Waals surface area contributed by atoms with E-state index < -0.39 is 9.96 Å². The molecule has 0 aromatic heterocycles. The second-order valence-electron chi connectivity index (χ2n) is 7.48. The van der Waals surface area contributed by atoms with Crippen LogP contribution in [-0.2, 0) is 4.79 Å². The van der Waals surface area contributed by atoms with Gasteiger partial charge in [0.2, 0.25) is 9.70 Å². The van der Waals surface area contributed by atoms with E-state index in [1.54, 1.807) is 0 Å². The quantitative estimate of drug-likeness (QED) is 0.136. The number of anilines is 1. The summed E-state index contributed by atoms with van der Waals surface area (Å²) in [5, 5.41) is 5.87. The van der Waals surface area contributed by atoms with E-state index in [2.05, 4.69) is 33.5 Å². The Morgan fingerprint density at radius 2 is 1.38 bits per heavy atom.